The molecule has 0 aromatic heterocycles. The summed E-state index contributed by atoms with van der Waals surface area (Å²) in [4.78, 5) is 11.9. The molecule has 0 saturated carbocycles. The lowest BCUT2D eigenvalue weighted by Crippen LogP contribution is -2.40. The van der Waals surface area contributed by atoms with Crippen molar-refractivity contribution in [3.63, 3.8) is 0 Å². The fourth-order valence-corrected chi connectivity index (χ4v) is 2.35. The number of rotatable bonds is 5. The van der Waals surface area contributed by atoms with E-state index in [0.717, 1.165) is 10.0 Å². The third kappa shape index (κ3) is 3.41. The van der Waals surface area contributed by atoms with Gasteiger partial charge in [-0.15, -0.1) is 0 Å². The van der Waals surface area contributed by atoms with Crippen LogP contribution in [-0.4, -0.2) is 24.2 Å². The van der Waals surface area contributed by atoms with E-state index in [1.165, 1.54) is 6.26 Å². The van der Waals surface area contributed by atoms with E-state index in [4.69, 9.17) is 4.74 Å². The quantitative estimate of drug-likeness (QED) is 0.866. The maximum atomic E-state index is 11.9. The van der Waals surface area contributed by atoms with Gasteiger partial charge in [0, 0.05) is 10.9 Å². The molecule has 1 amide bonds. The van der Waals surface area contributed by atoms with Crippen molar-refractivity contribution in [2.75, 3.05) is 13.2 Å². The van der Waals surface area contributed by atoms with Crippen LogP contribution in [0.4, 0.5) is 0 Å². The van der Waals surface area contributed by atoms with Crippen molar-refractivity contribution in [1.82, 2.24) is 5.32 Å². The third-order valence-electron chi connectivity index (χ3n) is 3.51. The zero-order valence-electron chi connectivity index (χ0n) is 11.4. The second-order valence-corrected chi connectivity index (χ2v) is 5.75. The van der Waals surface area contributed by atoms with Crippen molar-refractivity contribution < 1.29 is 14.6 Å². The van der Waals surface area contributed by atoms with Crippen molar-refractivity contribution >= 4 is 21.8 Å². The molecule has 1 atom stereocenters. The van der Waals surface area contributed by atoms with Crippen molar-refractivity contribution in [2.24, 2.45) is 0 Å². The number of amides is 1. The highest BCUT2D eigenvalue weighted by Crippen LogP contribution is 2.26. The van der Waals surface area contributed by atoms with Gasteiger partial charge in [-0.05, 0) is 24.1 Å². The van der Waals surface area contributed by atoms with Crippen LogP contribution in [0.2, 0.25) is 0 Å². The van der Waals surface area contributed by atoms with Crippen LogP contribution in [0.15, 0.2) is 40.6 Å². The number of ether oxygens (including phenoxy) is 1. The zero-order chi connectivity index (χ0) is 14.6. The van der Waals surface area contributed by atoms with E-state index < -0.39 is 5.60 Å². The van der Waals surface area contributed by atoms with Gasteiger partial charge in [0.1, 0.15) is 5.60 Å². The van der Waals surface area contributed by atoms with Crippen molar-refractivity contribution in [1.29, 1.82) is 0 Å². The Hall–Kier alpha value is -1.33. The lowest BCUT2D eigenvalue weighted by Gasteiger charge is -2.27. The van der Waals surface area contributed by atoms with Crippen LogP contribution in [0.3, 0.4) is 0 Å². The molecule has 0 radical (unpaired) electrons. The lowest BCUT2D eigenvalue weighted by atomic mass is 9.91. The summed E-state index contributed by atoms with van der Waals surface area (Å²) < 4.78 is 6.00. The largest absolute Gasteiger partial charge is 0.500 e. The van der Waals surface area contributed by atoms with Crippen molar-refractivity contribution in [3.05, 3.63) is 46.1 Å². The molecule has 1 aliphatic rings. The molecule has 4 nitrogen and oxygen atoms in total. The van der Waals surface area contributed by atoms with Crippen molar-refractivity contribution in [2.45, 2.75) is 25.4 Å². The average Bonchev–Trinajstić information content (AvgIpc) is 2.99. The Morgan fingerprint density at radius 3 is 2.70 bits per heavy atom. The van der Waals surface area contributed by atoms with Gasteiger partial charge in [-0.25, -0.2) is 0 Å². The number of hydrogen-bond donors (Lipinski definition) is 2. The molecule has 1 heterocycles. The Morgan fingerprint density at radius 2 is 2.15 bits per heavy atom. The van der Waals surface area contributed by atoms with E-state index in [2.05, 4.69) is 21.2 Å². The molecule has 2 N–H and O–H groups in total. The van der Waals surface area contributed by atoms with Gasteiger partial charge >= 0.3 is 0 Å². The normalized spacial score (nSPS) is 17.1. The molecule has 0 bridgehead atoms. The lowest BCUT2D eigenvalue weighted by molar-refractivity contribution is -0.119. The number of nitrogens with one attached hydrogen (secondary N) is 1. The summed E-state index contributed by atoms with van der Waals surface area (Å²) in [6.07, 6.45) is 2.62. The molecular weight excluding hydrogens is 322 g/mol. The Kier molecular flexibility index (Phi) is 4.83. The second kappa shape index (κ2) is 6.41. The molecule has 108 valence electrons. The summed E-state index contributed by atoms with van der Waals surface area (Å²) >= 11 is 3.37. The van der Waals surface area contributed by atoms with Crippen LogP contribution in [0.1, 0.15) is 25.3 Å². The summed E-state index contributed by atoms with van der Waals surface area (Å²) in [7, 11) is 0. The minimum atomic E-state index is -1.06. The molecule has 0 saturated heterocycles. The Morgan fingerprint density at radius 1 is 1.45 bits per heavy atom. The van der Waals surface area contributed by atoms with Gasteiger partial charge in [0.15, 0.2) is 0 Å². The van der Waals surface area contributed by atoms with E-state index in [1.807, 2.05) is 31.2 Å². The molecule has 0 fully saturated rings. The summed E-state index contributed by atoms with van der Waals surface area (Å²) in [6.45, 7) is 2.63. The first-order chi connectivity index (χ1) is 9.55. The minimum absolute atomic E-state index is 0.175. The van der Waals surface area contributed by atoms with E-state index in [1.54, 1.807) is 0 Å². The summed E-state index contributed by atoms with van der Waals surface area (Å²) in [5.74, 6) is -0.175. The maximum absolute atomic E-state index is 11.9. The first-order valence-electron chi connectivity index (χ1n) is 6.62. The van der Waals surface area contributed by atoms with Crippen molar-refractivity contribution in [3.8, 4) is 0 Å². The standard InChI is InChI=1S/C15H18BrNO3/c1-2-15(19,12-3-5-13(16)6-4-12)10-17-14(18)11-7-8-20-9-11/h3-6,9,19H,2,7-8,10H2,1H3,(H,17,18)/t15-/m1/s1. The van der Waals surface area contributed by atoms with Crippen LogP contribution in [-0.2, 0) is 15.1 Å². The van der Waals surface area contributed by atoms with E-state index in [0.29, 0.717) is 25.0 Å². The molecule has 1 aromatic carbocycles. The van der Waals surface area contributed by atoms with Gasteiger partial charge < -0.3 is 15.2 Å². The summed E-state index contributed by atoms with van der Waals surface area (Å²) in [6, 6.07) is 7.48. The second-order valence-electron chi connectivity index (χ2n) is 4.84. The van der Waals surface area contributed by atoms with Gasteiger partial charge in [0.2, 0.25) is 0 Å². The molecular formula is C15H18BrNO3. The molecule has 20 heavy (non-hydrogen) atoms. The highest BCUT2D eigenvalue weighted by Gasteiger charge is 2.28. The van der Waals surface area contributed by atoms with Crippen LogP contribution >= 0.6 is 15.9 Å². The minimum Gasteiger partial charge on any atom is -0.500 e. The molecule has 1 aliphatic heterocycles. The topological polar surface area (TPSA) is 58.6 Å². The van der Waals surface area contributed by atoms with Crippen LogP contribution in [0.25, 0.3) is 0 Å². The Labute approximate surface area is 127 Å². The van der Waals surface area contributed by atoms with Gasteiger partial charge in [0.25, 0.3) is 5.91 Å². The number of aliphatic hydroxyl groups is 1. The first kappa shape index (κ1) is 15.1. The Bertz CT molecular complexity index is 512. The number of hydrogen-bond acceptors (Lipinski definition) is 3. The van der Waals surface area contributed by atoms with Crippen LogP contribution in [0.5, 0.6) is 0 Å². The van der Waals surface area contributed by atoms with E-state index in [-0.39, 0.29) is 12.5 Å². The fraction of sp³-hybridized carbons (Fsp3) is 0.400. The number of benzene rings is 1. The summed E-state index contributed by atoms with van der Waals surface area (Å²) in [5, 5.41) is 13.5. The van der Waals surface area contributed by atoms with E-state index >= 15 is 0 Å². The zero-order valence-corrected chi connectivity index (χ0v) is 12.9. The third-order valence-corrected chi connectivity index (χ3v) is 4.04. The highest BCUT2D eigenvalue weighted by atomic mass is 79.9. The van der Waals surface area contributed by atoms with Gasteiger partial charge in [0.05, 0.1) is 25.0 Å². The summed E-state index contributed by atoms with van der Waals surface area (Å²) in [5.41, 5.74) is 0.357. The van der Waals surface area contributed by atoms with E-state index in [9.17, 15) is 9.90 Å². The van der Waals surface area contributed by atoms with Crippen LogP contribution in [0, 0.1) is 0 Å². The Balaban J connectivity index is 2.03. The number of halogens is 1. The molecule has 2 rings (SSSR count). The molecule has 0 spiro atoms. The smallest absolute Gasteiger partial charge is 0.250 e. The highest BCUT2D eigenvalue weighted by molar-refractivity contribution is 9.10. The van der Waals surface area contributed by atoms with Gasteiger partial charge in [-0.1, -0.05) is 35.0 Å². The maximum Gasteiger partial charge on any atom is 0.250 e. The SMILES string of the molecule is CC[C@@](O)(CNC(=O)C1=COCC1)c1ccc(Br)cc1. The predicted octanol–water partition coefficient (Wildman–Crippen LogP) is 2.47. The average molecular weight is 340 g/mol. The first-order valence-corrected chi connectivity index (χ1v) is 7.42. The monoisotopic (exact) mass is 339 g/mol. The van der Waals surface area contributed by atoms with Crippen LogP contribution < -0.4 is 5.32 Å². The van der Waals surface area contributed by atoms with Gasteiger partial charge in [-0.2, -0.15) is 0 Å². The molecule has 0 unspecified atom stereocenters. The molecule has 1 aromatic rings. The molecule has 0 aliphatic carbocycles. The predicted molar refractivity (Wildman–Crippen MR) is 80.0 cm³/mol. The fourth-order valence-electron chi connectivity index (χ4n) is 2.09. The number of carbonyl (C=O) groups is 1. The van der Waals surface area contributed by atoms with Gasteiger partial charge in [-0.3, -0.25) is 4.79 Å². The molecule has 5 heteroatoms. The number of carbonyl (C=O) groups excluding carboxylic acids is 1.